The van der Waals surface area contributed by atoms with Gasteiger partial charge in [0.05, 0.1) is 12.7 Å². The molecule has 1 aromatic rings. The van der Waals surface area contributed by atoms with Crippen molar-refractivity contribution in [3.8, 4) is 0 Å². The lowest BCUT2D eigenvalue weighted by Gasteiger charge is -2.20. The van der Waals surface area contributed by atoms with Crippen molar-refractivity contribution in [3.63, 3.8) is 0 Å². The first-order valence-electron chi connectivity index (χ1n) is 5.81. The summed E-state index contributed by atoms with van der Waals surface area (Å²) in [5, 5.41) is 9.57. The fraction of sp³-hybridized carbons (Fsp3) is 0.538. The van der Waals surface area contributed by atoms with Gasteiger partial charge in [-0.3, -0.25) is 0 Å². The van der Waals surface area contributed by atoms with Crippen LogP contribution in [0.3, 0.4) is 0 Å². The smallest absolute Gasteiger partial charge is 0.0899 e. The summed E-state index contributed by atoms with van der Waals surface area (Å²) in [6.45, 7) is 1.92. The molecule has 0 aromatic heterocycles. The van der Waals surface area contributed by atoms with Gasteiger partial charge in [-0.1, -0.05) is 12.1 Å². The minimum Gasteiger partial charge on any atom is -0.399 e. The van der Waals surface area contributed by atoms with Gasteiger partial charge in [0, 0.05) is 25.9 Å². The Kier molecular flexibility index (Phi) is 5.97. The van der Waals surface area contributed by atoms with Crippen LogP contribution >= 0.6 is 0 Å². The van der Waals surface area contributed by atoms with E-state index >= 15 is 0 Å². The van der Waals surface area contributed by atoms with Crippen molar-refractivity contribution in [2.24, 2.45) is 0 Å². The van der Waals surface area contributed by atoms with Crippen LogP contribution in [0, 0.1) is 0 Å². The first-order valence-corrected chi connectivity index (χ1v) is 5.81. The normalized spacial score (nSPS) is 12.9. The summed E-state index contributed by atoms with van der Waals surface area (Å²) in [5.74, 6) is 0. The Morgan fingerprint density at radius 3 is 2.59 bits per heavy atom. The van der Waals surface area contributed by atoms with Gasteiger partial charge in [0.15, 0.2) is 0 Å². The summed E-state index contributed by atoms with van der Waals surface area (Å²) in [4.78, 5) is 2.10. The molecule has 1 atom stereocenters. The predicted octanol–water partition coefficient (Wildman–Crippen LogP) is 0.750. The van der Waals surface area contributed by atoms with E-state index in [9.17, 15) is 5.11 Å². The number of anilines is 1. The zero-order valence-electron chi connectivity index (χ0n) is 10.6. The zero-order chi connectivity index (χ0) is 12.7. The van der Waals surface area contributed by atoms with Crippen LogP contribution in [-0.2, 0) is 11.2 Å². The van der Waals surface area contributed by atoms with Gasteiger partial charge in [0.25, 0.3) is 0 Å². The molecule has 0 saturated carbocycles. The molecule has 1 aromatic carbocycles. The lowest BCUT2D eigenvalue weighted by atomic mass is 10.1. The molecule has 0 aliphatic heterocycles. The summed E-state index contributed by atoms with van der Waals surface area (Å²) in [6.07, 6.45) is 0.535. The number of aliphatic hydroxyl groups excluding tert-OH is 1. The van der Waals surface area contributed by atoms with Gasteiger partial charge in [-0.2, -0.15) is 0 Å². The van der Waals surface area contributed by atoms with Crippen molar-refractivity contribution in [2.45, 2.75) is 12.5 Å². The third kappa shape index (κ3) is 5.68. The summed E-state index contributed by atoms with van der Waals surface area (Å²) in [5.41, 5.74) is 7.67. The molecule has 0 spiro atoms. The molecule has 0 aliphatic rings. The summed E-state index contributed by atoms with van der Waals surface area (Å²) in [7, 11) is 3.59. The molecule has 0 fully saturated rings. The van der Waals surface area contributed by atoms with Crippen molar-refractivity contribution >= 4 is 5.69 Å². The van der Waals surface area contributed by atoms with Gasteiger partial charge in [-0.15, -0.1) is 0 Å². The second kappa shape index (κ2) is 7.27. The van der Waals surface area contributed by atoms with Crippen molar-refractivity contribution in [1.29, 1.82) is 0 Å². The Balaban J connectivity index is 2.27. The Labute approximate surface area is 103 Å². The second-order valence-electron chi connectivity index (χ2n) is 4.36. The number of benzene rings is 1. The Morgan fingerprint density at radius 1 is 1.35 bits per heavy atom. The van der Waals surface area contributed by atoms with Gasteiger partial charge in [-0.25, -0.2) is 0 Å². The quantitative estimate of drug-likeness (QED) is 0.688. The fourth-order valence-corrected chi connectivity index (χ4v) is 1.70. The van der Waals surface area contributed by atoms with E-state index in [1.807, 2.05) is 31.3 Å². The van der Waals surface area contributed by atoms with Crippen LogP contribution in [0.25, 0.3) is 0 Å². The maximum absolute atomic E-state index is 9.57. The molecular weight excluding hydrogens is 216 g/mol. The van der Waals surface area contributed by atoms with Gasteiger partial charge in [0.2, 0.25) is 0 Å². The average molecular weight is 238 g/mol. The number of nitrogens with zero attached hydrogens (tertiary/aromatic N) is 1. The van der Waals surface area contributed by atoms with Crippen LogP contribution < -0.4 is 5.73 Å². The minimum absolute atomic E-state index is 0.381. The number of aliphatic hydroxyl groups is 1. The highest BCUT2D eigenvalue weighted by atomic mass is 16.5. The zero-order valence-corrected chi connectivity index (χ0v) is 10.6. The molecule has 1 rings (SSSR count). The van der Waals surface area contributed by atoms with E-state index in [2.05, 4.69) is 4.90 Å². The molecule has 1 unspecified atom stereocenters. The molecule has 0 bridgehead atoms. The highest BCUT2D eigenvalue weighted by molar-refractivity contribution is 5.39. The SMILES string of the molecule is COCC(O)CN(C)CCc1ccc(N)cc1. The molecule has 0 aliphatic carbocycles. The van der Waals surface area contributed by atoms with Crippen LogP contribution in [-0.4, -0.2) is 50.0 Å². The Hall–Kier alpha value is -1.10. The number of likely N-dealkylation sites (N-methyl/N-ethyl adjacent to an activating group) is 1. The molecule has 0 saturated heterocycles. The van der Waals surface area contributed by atoms with Gasteiger partial charge in [-0.05, 0) is 31.2 Å². The van der Waals surface area contributed by atoms with Crippen LogP contribution in [0.1, 0.15) is 5.56 Å². The Bertz CT molecular complexity index is 314. The Morgan fingerprint density at radius 2 is 2.00 bits per heavy atom. The number of hydrogen-bond donors (Lipinski definition) is 2. The van der Waals surface area contributed by atoms with Crippen LogP contribution in [0.2, 0.25) is 0 Å². The topological polar surface area (TPSA) is 58.7 Å². The van der Waals surface area contributed by atoms with Crippen molar-refractivity contribution in [3.05, 3.63) is 29.8 Å². The fourth-order valence-electron chi connectivity index (χ4n) is 1.70. The van der Waals surface area contributed by atoms with Gasteiger partial charge in [0.1, 0.15) is 0 Å². The number of ether oxygens (including phenoxy) is 1. The molecule has 17 heavy (non-hydrogen) atoms. The van der Waals surface area contributed by atoms with Crippen molar-refractivity contribution in [1.82, 2.24) is 4.90 Å². The highest BCUT2D eigenvalue weighted by Gasteiger charge is 2.07. The van der Waals surface area contributed by atoms with Crippen molar-refractivity contribution in [2.75, 3.05) is 39.6 Å². The molecular formula is C13H22N2O2. The lowest BCUT2D eigenvalue weighted by molar-refractivity contribution is 0.0435. The van der Waals surface area contributed by atoms with E-state index in [0.717, 1.165) is 18.7 Å². The highest BCUT2D eigenvalue weighted by Crippen LogP contribution is 2.06. The average Bonchev–Trinajstić information content (AvgIpc) is 2.28. The molecule has 3 N–H and O–H groups in total. The van der Waals surface area contributed by atoms with Crippen molar-refractivity contribution < 1.29 is 9.84 Å². The third-order valence-electron chi connectivity index (χ3n) is 2.64. The maximum atomic E-state index is 9.57. The number of nitrogen functional groups attached to an aromatic ring is 1. The molecule has 4 heteroatoms. The molecule has 0 heterocycles. The standard InChI is InChI=1S/C13H22N2O2/c1-15(9-13(16)10-17-2)8-7-11-3-5-12(14)6-4-11/h3-6,13,16H,7-10,14H2,1-2H3. The lowest BCUT2D eigenvalue weighted by Crippen LogP contribution is -2.33. The van der Waals surface area contributed by atoms with Crippen LogP contribution in [0.4, 0.5) is 5.69 Å². The molecule has 96 valence electrons. The van der Waals surface area contributed by atoms with E-state index in [0.29, 0.717) is 13.2 Å². The van der Waals surface area contributed by atoms with E-state index < -0.39 is 6.10 Å². The third-order valence-corrected chi connectivity index (χ3v) is 2.64. The van der Waals surface area contributed by atoms with Gasteiger partial charge >= 0.3 is 0 Å². The first-order chi connectivity index (χ1) is 8.11. The molecule has 0 amide bonds. The summed E-state index contributed by atoms with van der Waals surface area (Å²) < 4.78 is 4.89. The molecule has 4 nitrogen and oxygen atoms in total. The van der Waals surface area contributed by atoms with Gasteiger partial charge < -0.3 is 20.5 Å². The second-order valence-corrected chi connectivity index (χ2v) is 4.36. The summed E-state index contributed by atoms with van der Waals surface area (Å²) >= 11 is 0. The first kappa shape index (κ1) is 14.0. The summed E-state index contributed by atoms with van der Waals surface area (Å²) in [6, 6.07) is 7.90. The van der Waals surface area contributed by atoms with Crippen LogP contribution in [0.5, 0.6) is 0 Å². The molecule has 0 radical (unpaired) electrons. The number of rotatable bonds is 7. The monoisotopic (exact) mass is 238 g/mol. The predicted molar refractivity (Wildman–Crippen MR) is 69.9 cm³/mol. The van der Waals surface area contributed by atoms with E-state index in [1.54, 1.807) is 7.11 Å². The number of nitrogens with two attached hydrogens (primary N) is 1. The van der Waals surface area contributed by atoms with E-state index in [1.165, 1.54) is 5.56 Å². The largest absolute Gasteiger partial charge is 0.399 e. The van der Waals surface area contributed by atoms with Crippen LogP contribution in [0.15, 0.2) is 24.3 Å². The minimum atomic E-state index is -0.420. The number of hydrogen-bond acceptors (Lipinski definition) is 4. The number of methoxy groups -OCH3 is 1. The maximum Gasteiger partial charge on any atom is 0.0899 e. The van der Waals surface area contributed by atoms with E-state index in [-0.39, 0.29) is 0 Å². The van der Waals surface area contributed by atoms with E-state index in [4.69, 9.17) is 10.5 Å².